The summed E-state index contributed by atoms with van der Waals surface area (Å²) in [7, 11) is -16.7. The van der Waals surface area contributed by atoms with Crippen molar-refractivity contribution in [3.63, 3.8) is 0 Å². The van der Waals surface area contributed by atoms with E-state index in [0.717, 1.165) is 45.3 Å². The molecule has 17 nitrogen and oxygen atoms in total. The molecule has 3 heterocycles. The molecule has 0 fully saturated rings. The molecule has 0 aliphatic carbocycles. The first-order valence-electron chi connectivity index (χ1n) is 21.7. The second-order valence-electron chi connectivity index (χ2n) is 17.6. The summed E-state index contributed by atoms with van der Waals surface area (Å²) in [6.45, 7) is 8.70. The Kier molecular flexibility index (Phi) is 25.5. The molecule has 72 heavy (non-hydrogen) atoms. The molecule has 0 unspecified atom stereocenters. The predicted molar refractivity (Wildman–Crippen MR) is 257 cm³/mol. The summed E-state index contributed by atoms with van der Waals surface area (Å²) in [6.07, 6.45) is 12.5. The average Bonchev–Trinajstić information content (AvgIpc) is 3.62. The first-order valence-corrected chi connectivity index (χ1v) is 27.6. The van der Waals surface area contributed by atoms with Crippen LogP contribution < -0.4 is 98.1 Å². The zero-order chi connectivity index (χ0) is 51.1. The van der Waals surface area contributed by atoms with Gasteiger partial charge >= 0.3 is 111 Å². The molecule has 1 N–H and O–H groups in total. The van der Waals surface area contributed by atoms with Crippen LogP contribution in [0.25, 0.3) is 16.3 Å². The molecule has 4 aromatic rings. The molecule has 0 radical (unpaired) electrons. The number of anilines is 1. The Hall–Kier alpha value is -2.13. The molecule has 3 aromatic carbocycles. The van der Waals surface area contributed by atoms with Gasteiger partial charge in [-0.1, -0.05) is 67.9 Å². The fourth-order valence-corrected chi connectivity index (χ4v) is 10.4. The third-order valence-electron chi connectivity index (χ3n) is 11.9. The Morgan fingerprint density at radius 2 is 1.50 bits per heavy atom. The van der Waals surface area contributed by atoms with Crippen LogP contribution in [0.2, 0.25) is 5.02 Å². The maximum atomic E-state index is 12.2. The fraction of sp³-hybridized carbons (Fsp3) is 0.383. The van der Waals surface area contributed by atoms with Crippen LogP contribution in [0.4, 0.5) is 11.5 Å². The summed E-state index contributed by atoms with van der Waals surface area (Å²) in [6, 6.07) is 18.9. The minimum Gasteiger partial charge on any atom is -0.752 e. The zero-order valence-corrected chi connectivity index (χ0v) is 51.2. The molecule has 0 saturated carbocycles. The number of benzene rings is 3. The van der Waals surface area contributed by atoms with Crippen molar-refractivity contribution in [2.75, 3.05) is 23.0 Å². The minimum absolute atomic E-state index is 0. The number of hydrogen-bond donors (Lipinski definition) is 1. The van der Waals surface area contributed by atoms with Gasteiger partial charge in [0.15, 0.2) is 5.71 Å². The number of hydrogen-bond acceptors (Lipinski definition) is 15. The number of unbranched alkanes of at least 4 members (excludes halogenated alkanes) is 3. The quantitative estimate of drug-likeness (QED) is 0.0242. The smallest absolute Gasteiger partial charge is 0.752 e. The summed E-state index contributed by atoms with van der Waals surface area (Å²) in [5, 5.41) is 10.8. The number of aliphatic carboxylic acids is 1. The Labute approximate surface area is 494 Å². The van der Waals surface area contributed by atoms with Crippen molar-refractivity contribution in [3.05, 3.63) is 124 Å². The van der Waals surface area contributed by atoms with Crippen LogP contribution in [-0.4, -0.2) is 86.4 Å². The molecule has 2 aliphatic heterocycles. The van der Waals surface area contributed by atoms with Gasteiger partial charge in [-0.2, -0.15) is 0 Å². The van der Waals surface area contributed by atoms with Gasteiger partial charge in [0.05, 0.1) is 52.9 Å². The number of pyridine rings is 1. The molecule has 372 valence electrons. The van der Waals surface area contributed by atoms with E-state index >= 15 is 0 Å². The summed E-state index contributed by atoms with van der Waals surface area (Å²) >= 11 is 6.60. The topological polar surface area (TPSA) is 280 Å². The molecule has 0 saturated heterocycles. The number of halogens is 1. The largest absolute Gasteiger partial charge is 1.00 e. The SMILES string of the molecule is CC1(C)C(C=CC(=CC=C2N(CCCCS(=O)(=O)[O-])c3ccc4[c-]cc(S(=O)(=O)[O-])cc4c3C2(C)C)c2cccc(CCCCC(=O)O)c2)=Nc2c1cc(Cl)c[n+]2CCCCS(=O)(=O)[O-].O=S(=O)=O.[Na+].[Na+].[Na+]. The van der Waals surface area contributed by atoms with Gasteiger partial charge in [-0.25, -0.2) is 29.8 Å². The van der Waals surface area contributed by atoms with Gasteiger partial charge in [0.25, 0.3) is 0 Å². The van der Waals surface area contributed by atoms with E-state index in [2.05, 4.69) is 6.07 Å². The second-order valence-corrected chi connectivity index (χ2v) is 22.9. The number of allylic oxidation sites excluding steroid dienone is 6. The van der Waals surface area contributed by atoms with Crippen LogP contribution in [0, 0.1) is 6.07 Å². The predicted octanol–water partition coefficient (Wildman–Crippen LogP) is -2.37. The molecule has 1 aromatic heterocycles. The number of aliphatic imine (C=N–C) groups is 1. The van der Waals surface area contributed by atoms with Crippen molar-refractivity contribution in [1.82, 2.24) is 0 Å². The van der Waals surface area contributed by atoms with Crippen LogP contribution in [0.3, 0.4) is 0 Å². The Morgan fingerprint density at radius 1 is 0.861 bits per heavy atom. The van der Waals surface area contributed by atoms with Crippen molar-refractivity contribution in [3.8, 4) is 0 Å². The third-order valence-corrected chi connectivity index (χ3v) is 14.5. The summed E-state index contributed by atoms with van der Waals surface area (Å²) in [4.78, 5) is 17.8. The van der Waals surface area contributed by atoms with Gasteiger partial charge in [-0.05, 0) is 109 Å². The fourth-order valence-electron chi connectivity index (χ4n) is 8.58. The Bertz CT molecular complexity index is 3230. The monoisotopic (exact) mass is 1110 g/mol. The molecule has 0 bridgehead atoms. The number of aromatic nitrogens is 1. The van der Waals surface area contributed by atoms with E-state index in [0.29, 0.717) is 72.5 Å². The van der Waals surface area contributed by atoms with Crippen molar-refractivity contribution >= 4 is 92.1 Å². The van der Waals surface area contributed by atoms with E-state index in [1.807, 2.05) is 97.9 Å². The summed E-state index contributed by atoms with van der Waals surface area (Å²) in [5.41, 5.74) is 5.02. The van der Waals surface area contributed by atoms with Gasteiger partial charge in [0.2, 0.25) is 0 Å². The molecular formula is C47H51ClN3Na3O14S4. The maximum absolute atomic E-state index is 12.2. The van der Waals surface area contributed by atoms with E-state index in [9.17, 15) is 48.8 Å². The molecule has 25 heteroatoms. The van der Waals surface area contributed by atoms with Gasteiger partial charge < -0.3 is 23.7 Å². The second kappa shape index (κ2) is 27.8. The van der Waals surface area contributed by atoms with Gasteiger partial charge in [-0.15, -0.1) is 47.7 Å². The number of carboxylic acids is 1. The maximum Gasteiger partial charge on any atom is 1.00 e. The van der Waals surface area contributed by atoms with Crippen molar-refractivity contribution in [2.45, 2.75) is 101 Å². The van der Waals surface area contributed by atoms with Crippen LogP contribution >= 0.6 is 11.6 Å². The average molecular weight is 1110 g/mol. The molecule has 0 atom stereocenters. The number of aryl methyl sites for hydroxylation is 2. The first kappa shape index (κ1) is 66.0. The number of carboxylic acid groups (broad SMARTS) is 1. The summed E-state index contributed by atoms with van der Waals surface area (Å²) in [5.74, 6) is -1.20. The molecule has 6 rings (SSSR count). The first-order chi connectivity index (χ1) is 32.1. The number of carbonyl (C=O) groups is 1. The number of nitrogens with zero attached hydrogens (tertiary/aromatic N) is 3. The zero-order valence-electron chi connectivity index (χ0n) is 41.2. The van der Waals surface area contributed by atoms with Crippen molar-refractivity contribution in [1.29, 1.82) is 0 Å². The van der Waals surface area contributed by atoms with Gasteiger partial charge in [-0.3, -0.25) is 4.79 Å². The molecule has 0 amide bonds. The Morgan fingerprint density at radius 3 is 2.11 bits per heavy atom. The molecule has 2 aliphatic rings. The van der Waals surface area contributed by atoms with E-state index in [1.54, 1.807) is 12.3 Å². The number of rotatable bonds is 20. The van der Waals surface area contributed by atoms with Crippen LogP contribution in [0.5, 0.6) is 0 Å². The van der Waals surface area contributed by atoms with Crippen molar-refractivity contribution < 1.29 is 155 Å². The molecule has 0 spiro atoms. The summed E-state index contributed by atoms with van der Waals surface area (Å²) < 4.78 is 132. The normalized spacial score (nSPS) is 15.4. The van der Waals surface area contributed by atoms with Gasteiger partial charge in [0.1, 0.15) is 6.20 Å². The van der Waals surface area contributed by atoms with Crippen LogP contribution in [-0.2, 0) is 69.6 Å². The minimum atomic E-state index is -4.82. The number of fused-ring (bicyclic) bond motifs is 4. The van der Waals surface area contributed by atoms with E-state index in [-0.39, 0.29) is 108 Å². The van der Waals surface area contributed by atoms with Crippen LogP contribution in [0.15, 0.2) is 101 Å². The van der Waals surface area contributed by atoms with E-state index in [4.69, 9.17) is 29.2 Å². The third kappa shape index (κ3) is 18.3. The van der Waals surface area contributed by atoms with E-state index < -0.39 is 74.2 Å². The Balaban J connectivity index is 0.00000244. The van der Waals surface area contributed by atoms with Crippen LogP contribution in [0.1, 0.15) is 94.9 Å². The standard InChI is InChI=1S/C47H54ClN3O11S3.3Na.O3S/c1-46(2)39-29-36(48)31-50(24-7-9-26-63(54,55)56)45(39)49-41(46)22-18-33(35-14-11-13-32(28-35)12-5-6-15-43(52)53)19-23-42-47(3,4)44-38-30-37(65(60,61)62)20-16-34(38)17-21-40(44)51(42)25-8-10-27-64(57,58)59;;;;1-4(2)3/h11,13-14,17-23,28-31H,5-10,12,15,24-27H2,1-4H3,(H,52,53)(H,54,55,56)(H,57,58,59)(H,60,61,62);;;;/q;3*+1;/p-3. The van der Waals surface area contributed by atoms with Crippen molar-refractivity contribution in [2.24, 2.45) is 4.99 Å². The van der Waals surface area contributed by atoms with Gasteiger partial charge in [0, 0.05) is 41.3 Å². The van der Waals surface area contributed by atoms with E-state index in [1.165, 1.54) is 6.07 Å². The molecular weight excluding hydrogens is 1060 g/mol.